The zero-order chi connectivity index (χ0) is 13.8. The minimum Gasteiger partial charge on any atom is -0.465 e. The zero-order valence-electron chi connectivity index (χ0n) is 10.3. The fraction of sp³-hybridized carbons (Fsp3) is 0.417. The van der Waals surface area contributed by atoms with Gasteiger partial charge >= 0.3 is 6.09 Å². The molecule has 1 fully saturated rings. The van der Waals surface area contributed by atoms with Crippen LogP contribution < -0.4 is 5.32 Å². The van der Waals surface area contributed by atoms with Gasteiger partial charge in [-0.1, -0.05) is 12.1 Å². The van der Waals surface area contributed by atoms with Gasteiger partial charge in [-0.25, -0.2) is 4.79 Å². The number of amides is 1. The third-order valence-electron chi connectivity index (χ3n) is 3.21. The van der Waals surface area contributed by atoms with E-state index in [9.17, 15) is 14.9 Å². The summed E-state index contributed by atoms with van der Waals surface area (Å²) in [6.07, 6.45) is -0.370. The first-order valence-electron chi connectivity index (χ1n) is 6.01. The fourth-order valence-corrected chi connectivity index (χ4v) is 2.22. The Balaban J connectivity index is 2.06. The summed E-state index contributed by atoms with van der Waals surface area (Å²) in [7, 11) is 0. The lowest BCUT2D eigenvalue weighted by atomic mass is 10.0. The molecule has 2 N–H and O–H groups in total. The molecule has 2 rings (SSSR count). The molecule has 1 unspecified atom stereocenters. The van der Waals surface area contributed by atoms with Crippen molar-refractivity contribution in [2.24, 2.45) is 0 Å². The number of benzene rings is 1. The largest absolute Gasteiger partial charge is 0.465 e. The van der Waals surface area contributed by atoms with Crippen molar-refractivity contribution in [1.29, 1.82) is 0 Å². The lowest BCUT2D eigenvalue weighted by molar-refractivity contribution is -0.384. The quantitative estimate of drug-likeness (QED) is 0.630. The van der Waals surface area contributed by atoms with Gasteiger partial charge in [-0.15, -0.1) is 0 Å². The molecule has 0 spiro atoms. The molecule has 0 bridgehead atoms. The number of rotatable bonds is 3. The van der Waals surface area contributed by atoms with E-state index < -0.39 is 11.0 Å². The highest BCUT2D eigenvalue weighted by atomic mass is 16.6. The van der Waals surface area contributed by atoms with Crippen LogP contribution in [0.4, 0.5) is 10.5 Å². The van der Waals surface area contributed by atoms with Gasteiger partial charge < -0.3 is 15.3 Å². The summed E-state index contributed by atoms with van der Waals surface area (Å²) in [6, 6.07) is 6.10. The number of nitrogens with one attached hydrogen (secondary N) is 1. The highest BCUT2D eigenvalue weighted by molar-refractivity contribution is 5.65. The van der Waals surface area contributed by atoms with Crippen LogP contribution in [-0.4, -0.2) is 46.7 Å². The van der Waals surface area contributed by atoms with E-state index in [1.165, 1.54) is 17.0 Å². The molecule has 0 saturated carbocycles. The van der Waals surface area contributed by atoms with Crippen LogP contribution in [0.5, 0.6) is 0 Å². The second-order valence-electron chi connectivity index (χ2n) is 4.46. The molecule has 1 amide bonds. The smallest absolute Gasteiger partial charge is 0.407 e. The summed E-state index contributed by atoms with van der Waals surface area (Å²) in [4.78, 5) is 22.6. The molecule has 7 heteroatoms. The van der Waals surface area contributed by atoms with Crippen molar-refractivity contribution in [3.8, 4) is 0 Å². The van der Waals surface area contributed by atoms with Crippen LogP contribution in [-0.2, 0) is 6.42 Å². The Labute approximate surface area is 110 Å². The Morgan fingerprint density at radius 1 is 1.47 bits per heavy atom. The Kier molecular flexibility index (Phi) is 3.96. The molecular weight excluding hydrogens is 250 g/mol. The fourth-order valence-electron chi connectivity index (χ4n) is 2.22. The van der Waals surface area contributed by atoms with Crippen LogP contribution >= 0.6 is 0 Å². The molecule has 1 aromatic carbocycles. The molecule has 0 aromatic heterocycles. The number of non-ortho nitro benzene ring substituents is 1. The van der Waals surface area contributed by atoms with Gasteiger partial charge in [-0.05, 0) is 12.0 Å². The maximum absolute atomic E-state index is 11.1. The third-order valence-corrected chi connectivity index (χ3v) is 3.21. The summed E-state index contributed by atoms with van der Waals surface area (Å²) in [5.41, 5.74) is 0.936. The predicted molar refractivity (Wildman–Crippen MR) is 68.2 cm³/mol. The average molecular weight is 265 g/mol. The molecule has 1 aliphatic heterocycles. The average Bonchev–Trinajstić information content (AvgIpc) is 2.39. The van der Waals surface area contributed by atoms with Gasteiger partial charge in [0.1, 0.15) is 0 Å². The van der Waals surface area contributed by atoms with Gasteiger partial charge in [0.25, 0.3) is 5.69 Å². The SMILES string of the molecule is O=C(O)N1CCNCC1Cc1ccc([N+](=O)[O-])cc1. The standard InChI is InChI=1S/C12H15N3O4/c16-12(17)14-6-5-13-8-11(14)7-9-1-3-10(4-2-9)15(18)19/h1-4,11,13H,5-8H2,(H,16,17). The molecule has 0 aliphatic carbocycles. The monoisotopic (exact) mass is 265 g/mol. The van der Waals surface area contributed by atoms with Crippen LogP contribution in [0.15, 0.2) is 24.3 Å². The van der Waals surface area contributed by atoms with Crippen molar-refractivity contribution in [1.82, 2.24) is 10.2 Å². The van der Waals surface area contributed by atoms with Crippen LogP contribution in [0.2, 0.25) is 0 Å². The van der Waals surface area contributed by atoms with E-state index in [0.717, 1.165) is 5.56 Å². The minimum absolute atomic E-state index is 0.0422. The highest BCUT2D eigenvalue weighted by Gasteiger charge is 2.26. The van der Waals surface area contributed by atoms with E-state index in [1.807, 2.05) is 0 Å². The highest BCUT2D eigenvalue weighted by Crippen LogP contribution is 2.15. The number of hydrogen-bond donors (Lipinski definition) is 2. The second-order valence-corrected chi connectivity index (χ2v) is 4.46. The maximum Gasteiger partial charge on any atom is 0.407 e. The van der Waals surface area contributed by atoms with Crippen molar-refractivity contribution in [3.05, 3.63) is 39.9 Å². The molecule has 0 radical (unpaired) electrons. The van der Waals surface area contributed by atoms with Crippen LogP contribution in [0, 0.1) is 10.1 Å². The van der Waals surface area contributed by atoms with Crippen LogP contribution in [0.25, 0.3) is 0 Å². The zero-order valence-corrected chi connectivity index (χ0v) is 10.3. The number of piperazine rings is 1. The van der Waals surface area contributed by atoms with E-state index in [0.29, 0.717) is 26.1 Å². The second kappa shape index (κ2) is 5.66. The van der Waals surface area contributed by atoms with Gasteiger partial charge in [-0.2, -0.15) is 0 Å². The van der Waals surface area contributed by atoms with Crippen molar-refractivity contribution < 1.29 is 14.8 Å². The van der Waals surface area contributed by atoms with Crippen molar-refractivity contribution in [3.63, 3.8) is 0 Å². The van der Waals surface area contributed by atoms with E-state index in [-0.39, 0.29) is 11.7 Å². The molecule has 1 saturated heterocycles. The van der Waals surface area contributed by atoms with E-state index in [1.54, 1.807) is 12.1 Å². The maximum atomic E-state index is 11.1. The lowest BCUT2D eigenvalue weighted by Crippen LogP contribution is -2.54. The summed E-state index contributed by atoms with van der Waals surface area (Å²) in [6.45, 7) is 1.72. The molecular formula is C12H15N3O4. The summed E-state index contributed by atoms with van der Waals surface area (Å²) < 4.78 is 0. The van der Waals surface area contributed by atoms with Gasteiger partial charge in [0, 0.05) is 31.8 Å². The Hall–Kier alpha value is -2.15. The molecule has 1 heterocycles. The van der Waals surface area contributed by atoms with Gasteiger partial charge in [0.05, 0.1) is 11.0 Å². The Morgan fingerprint density at radius 3 is 2.74 bits per heavy atom. The number of hydrogen-bond acceptors (Lipinski definition) is 4. The third kappa shape index (κ3) is 3.19. The summed E-state index contributed by atoms with van der Waals surface area (Å²) >= 11 is 0. The summed E-state index contributed by atoms with van der Waals surface area (Å²) in [5.74, 6) is 0. The van der Waals surface area contributed by atoms with E-state index in [4.69, 9.17) is 5.11 Å². The normalized spacial score (nSPS) is 19.2. The number of carboxylic acid groups (broad SMARTS) is 1. The topological polar surface area (TPSA) is 95.7 Å². The van der Waals surface area contributed by atoms with E-state index >= 15 is 0 Å². The summed E-state index contributed by atoms with van der Waals surface area (Å²) in [5, 5.41) is 22.8. The molecule has 1 aromatic rings. The molecule has 1 aliphatic rings. The molecule has 1 atom stereocenters. The molecule has 19 heavy (non-hydrogen) atoms. The van der Waals surface area contributed by atoms with Crippen LogP contribution in [0.1, 0.15) is 5.56 Å². The number of nitrogens with zero attached hydrogens (tertiary/aromatic N) is 2. The van der Waals surface area contributed by atoms with Crippen molar-refractivity contribution in [2.75, 3.05) is 19.6 Å². The van der Waals surface area contributed by atoms with Crippen LogP contribution in [0.3, 0.4) is 0 Å². The van der Waals surface area contributed by atoms with Crippen molar-refractivity contribution in [2.45, 2.75) is 12.5 Å². The molecule has 102 valence electrons. The minimum atomic E-state index is -0.923. The molecule has 7 nitrogen and oxygen atoms in total. The number of carbonyl (C=O) groups is 1. The van der Waals surface area contributed by atoms with Gasteiger partial charge in [-0.3, -0.25) is 10.1 Å². The van der Waals surface area contributed by atoms with Crippen molar-refractivity contribution >= 4 is 11.8 Å². The number of nitro groups is 1. The first-order chi connectivity index (χ1) is 9.08. The first kappa shape index (κ1) is 13.3. The van der Waals surface area contributed by atoms with E-state index in [2.05, 4.69) is 5.32 Å². The lowest BCUT2D eigenvalue weighted by Gasteiger charge is -2.34. The Morgan fingerprint density at radius 2 is 2.16 bits per heavy atom. The van der Waals surface area contributed by atoms with Gasteiger partial charge in [0.15, 0.2) is 0 Å². The number of nitro benzene ring substituents is 1. The van der Waals surface area contributed by atoms with Gasteiger partial charge in [0.2, 0.25) is 0 Å². The predicted octanol–water partition coefficient (Wildman–Crippen LogP) is 1.09. The Bertz CT molecular complexity index is 474. The first-order valence-corrected chi connectivity index (χ1v) is 6.01.